The van der Waals surface area contributed by atoms with Crippen molar-refractivity contribution >= 4 is 0 Å². The number of aromatic nitrogens is 2. The summed E-state index contributed by atoms with van der Waals surface area (Å²) in [6.07, 6.45) is 4.74. The van der Waals surface area contributed by atoms with Gasteiger partial charge in [-0.15, -0.1) is 0 Å². The van der Waals surface area contributed by atoms with Crippen LogP contribution in [0.2, 0.25) is 0 Å². The van der Waals surface area contributed by atoms with Gasteiger partial charge in [-0.2, -0.15) is 5.10 Å². The quantitative estimate of drug-likeness (QED) is 0.870. The van der Waals surface area contributed by atoms with E-state index in [1.165, 1.54) is 5.56 Å². The van der Waals surface area contributed by atoms with Gasteiger partial charge in [-0.3, -0.25) is 4.68 Å². The van der Waals surface area contributed by atoms with Gasteiger partial charge < -0.3 is 10.1 Å². The summed E-state index contributed by atoms with van der Waals surface area (Å²) >= 11 is 0. The number of ether oxygens (including phenoxy) is 1. The Morgan fingerprint density at radius 2 is 2.25 bits per heavy atom. The van der Waals surface area contributed by atoms with E-state index in [0.29, 0.717) is 12.0 Å². The molecule has 0 spiro atoms. The Hall–Kier alpha value is -0.870. The second-order valence-electron chi connectivity index (χ2n) is 7.02. The van der Waals surface area contributed by atoms with Crippen LogP contribution >= 0.6 is 0 Å². The highest BCUT2D eigenvalue weighted by molar-refractivity contribution is 5.15. The van der Waals surface area contributed by atoms with Gasteiger partial charge >= 0.3 is 0 Å². The maximum Gasteiger partial charge on any atom is 0.0779 e. The third-order valence-electron chi connectivity index (χ3n) is 3.86. The van der Waals surface area contributed by atoms with Crippen LogP contribution in [0.5, 0.6) is 0 Å². The average molecular weight is 279 g/mol. The molecular weight excluding hydrogens is 250 g/mol. The first-order chi connectivity index (χ1) is 9.35. The van der Waals surface area contributed by atoms with Gasteiger partial charge in [0.05, 0.1) is 23.9 Å². The molecule has 4 nitrogen and oxygen atoms in total. The molecule has 1 fully saturated rings. The van der Waals surface area contributed by atoms with Crippen molar-refractivity contribution < 1.29 is 4.74 Å². The van der Waals surface area contributed by atoms with Crippen molar-refractivity contribution in [2.75, 3.05) is 6.54 Å². The first-order valence-electron chi connectivity index (χ1n) is 7.77. The standard InChI is InChI=1S/C16H29N3O/c1-12(2)8-17-9-14-10-19(18-13(14)3)11-15-6-7-16(4,5)20-15/h10,12,15,17H,6-9,11H2,1-5H3. The molecule has 0 radical (unpaired) electrons. The van der Waals surface area contributed by atoms with Crippen molar-refractivity contribution in [1.82, 2.24) is 15.1 Å². The van der Waals surface area contributed by atoms with Gasteiger partial charge in [0.1, 0.15) is 0 Å². The van der Waals surface area contributed by atoms with Gasteiger partial charge in [0, 0.05) is 18.3 Å². The summed E-state index contributed by atoms with van der Waals surface area (Å²) in [5, 5.41) is 8.09. The summed E-state index contributed by atoms with van der Waals surface area (Å²) in [4.78, 5) is 0. The van der Waals surface area contributed by atoms with Gasteiger partial charge in [0.25, 0.3) is 0 Å². The number of rotatable bonds is 6. The van der Waals surface area contributed by atoms with E-state index < -0.39 is 0 Å². The van der Waals surface area contributed by atoms with E-state index in [4.69, 9.17) is 4.74 Å². The lowest BCUT2D eigenvalue weighted by Crippen LogP contribution is -2.23. The average Bonchev–Trinajstić information content (AvgIpc) is 2.82. The summed E-state index contributed by atoms with van der Waals surface area (Å²) in [6, 6.07) is 0. The lowest BCUT2D eigenvalue weighted by atomic mass is 10.1. The molecule has 1 aromatic rings. The Balaban J connectivity index is 1.87. The summed E-state index contributed by atoms with van der Waals surface area (Å²) in [5.74, 6) is 0.680. The topological polar surface area (TPSA) is 39.1 Å². The van der Waals surface area contributed by atoms with Gasteiger partial charge in [-0.25, -0.2) is 0 Å². The Morgan fingerprint density at radius 3 is 2.85 bits per heavy atom. The van der Waals surface area contributed by atoms with Crippen molar-refractivity contribution in [3.63, 3.8) is 0 Å². The molecule has 1 atom stereocenters. The zero-order valence-electron chi connectivity index (χ0n) is 13.6. The van der Waals surface area contributed by atoms with E-state index in [-0.39, 0.29) is 5.60 Å². The van der Waals surface area contributed by atoms with Gasteiger partial charge in [-0.1, -0.05) is 13.8 Å². The fraction of sp³-hybridized carbons (Fsp3) is 0.812. The van der Waals surface area contributed by atoms with Crippen LogP contribution in [0.15, 0.2) is 6.20 Å². The molecule has 0 amide bonds. The summed E-state index contributed by atoms with van der Waals surface area (Å²) in [5.41, 5.74) is 2.45. The smallest absolute Gasteiger partial charge is 0.0779 e. The number of nitrogens with one attached hydrogen (secondary N) is 1. The van der Waals surface area contributed by atoms with E-state index in [0.717, 1.165) is 38.2 Å². The molecule has 4 heteroatoms. The van der Waals surface area contributed by atoms with Crippen molar-refractivity contribution in [1.29, 1.82) is 0 Å². The molecule has 0 aliphatic carbocycles. The van der Waals surface area contributed by atoms with Crippen LogP contribution in [-0.2, 0) is 17.8 Å². The molecule has 1 aliphatic rings. The summed E-state index contributed by atoms with van der Waals surface area (Å²) in [7, 11) is 0. The fourth-order valence-electron chi connectivity index (χ4n) is 2.74. The van der Waals surface area contributed by atoms with Crippen LogP contribution in [0.25, 0.3) is 0 Å². The molecule has 20 heavy (non-hydrogen) atoms. The molecule has 0 aromatic carbocycles. The summed E-state index contributed by atoms with van der Waals surface area (Å²) < 4.78 is 8.09. The Morgan fingerprint density at radius 1 is 1.50 bits per heavy atom. The van der Waals surface area contributed by atoms with Gasteiger partial charge in [0.15, 0.2) is 0 Å². The number of hydrogen-bond acceptors (Lipinski definition) is 3. The minimum atomic E-state index is 0.0362. The van der Waals surface area contributed by atoms with E-state index in [1.54, 1.807) is 0 Å². The minimum absolute atomic E-state index is 0.0362. The first kappa shape index (κ1) is 15.5. The van der Waals surface area contributed by atoms with E-state index in [1.807, 2.05) is 4.68 Å². The second-order valence-corrected chi connectivity index (χ2v) is 7.02. The molecule has 1 aliphatic heterocycles. The minimum Gasteiger partial charge on any atom is -0.370 e. The molecule has 1 aromatic heterocycles. The van der Waals surface area contributed by atoms with E-state index in [9.17, 15) is 0 Å². The lowest BCUT2D eigenvalue weighted by Gasteiger charge is -2.19. The maximum absolute atomic E-state index is 6.04. The van der Waals surface area contributed by atoms with Crippen LogP contribution < -0.4 is 5.32 Å². The van der Waals surface area contributed by atoms with Crippen LogP contribution in [0.1, 0.15) is 51.8 Å². The Kier molecular flexibility index (Phi) is 4.86. The molecule has 1 saturated heterocycles. The zero-order valence-corrected chi connectivity index (χ0v) is 13.6. The molecule has 2 rings (SSSR count). The van der Waals surface area contributed by atoms with E-state index >= 15 is 0 Å². The molecule has 114 valence electrons. The molecule has 2 heterocycles. The first-order valence-corrected chi connectivity index (χ1v) is 7.77. The highest BCUT2D eigenvalue weighted by atomic mass is 16.5. The monoisotopic (exact) mass is 279 g/mol. The molecule has 0 bridgehead atoms. The van der Waals surface area contributed by atoms with Crippen LogP contribution in [0.4, 0.5) is 0 Å². The maximum atomic E-state index is 6.04. The predicted octanol–water partition coefficient (Wildman–Crippen LogP) is 2.89. The lowest BCUT2D eigenvalue weighted by molar-refractivity contribution is -0.0230. The van der Waals surface area contributed by atoms with Crippen molar-refractivity contribution in [2.45, 2.75) is 72.3 Å². The highest BCUT2D eigenvalue weighted by Gasteiger charge is 2.31. The Labute approximate surface area is 122 Å². The van der Waals surface area contributed by atoms with Crippen molar-refractivity contribution in [3.05, 3.63) is 17.5 Å². The SMILES string of the molecule is Cc1nn(CC2CCC(C)(C)O2)cc1CNCC(C)C. The molecule has 1 unspecified atom stereocenters. The van der Waals surface area contributed by atoms with Gasteiger partial charge in [-0.05, 0) is 46.1 Å². The molecule has 1 N–H and O–H groups in total. The fourth-order valence-corrected chi connectivity index (χ4v) is 2.74. The van der Waals surface area contributed by atoms with Crippen LogP contribution in [0, 0.1) is 12.8 Å². The molecule has 0 saturated carbocycles. The molecular formula is C16H29N3O. The highest BCUT2D eigenvalue weighted by Crippen LogP contribution is 2.30. The number of hydrogen-bond donors (Lipinski definition) is 1. The second kappa shape index (κ2) is 6.27. The summed E-state index contributed by atoms with van der Waals surface area (Å²) in [6.45, 7) is 13.7. The van der Waals surface area contributed by atoms with Crippen LogP contribution in [0.3, 0.4) is 0 Å². The normalized spacial score (nSPS) is 21.8. The largest absolute Gasteiger partial charge is 0.370 e. The predicted molar refractivity (Wildman–Crippen MR) is 81.7 cm³/mol. The van der Waals surface area contributed by atoms with Crippen LogP contribution in [-0.4, -0.2) is 28.0 Å². The van der Waals surface area contributed by atoms with Gasteiger partial charge in [0.2, 0.25) is 0 Å². The van der Waals surface area contributed by atoms with Crippen molar-refractivity contribution in [3.8, 4) is 0 Å². The zero-order chi connectivity index (χ0) is 14.8. The van der Waals surface area contributed by atoms with E-state index in [2.05, 4.69) is 51.2 Å². The Bertz CT molecular complexity index is 437. The third-order valence-corrected chi connectivity index (χ3v) is 3.86. The number of nitrogens with zero attached hydrogens (tertiary/aromatic N) is 2. The third kappa shape index (κ3) is 4.32. The van der Waals surface area contributed by atoms with Crippen molar-refractivity contribution in [2.24, 2.45) is 5.92 Å². The number of aryl methyl sites for hydroxylation is 1.